The van der Waals surface area contributed by atoms with E-state index in [4.69, 9.17) is 16.9 Å². The zero-order valence-corrected chi connectivity index (χ0v) is 13.2. The molecular weight excluding hydrogens is 344 g/mol. The number of rotatable bonds is 3. The van der Waals surface area contributed by atoms with Crippen LogP contribution in [0.5, 0.6) is 0 Å². The van der Waals surface area contributed by atoms with Crippen molar-refractivity contribution in [2.45, 2.75) is 4.21 Å². The molecule has 6 nitrogen and oxygen atoms in total. The normalized spacial score (nSPS) is 11.3. The van der Waals surface area contributed by atoms with Crippen LogP contribution in [0.1, 0.15) is 4.88 Å². The van der Waals surface area contributed by atoms with E-state index >= 15 is 0 Å². The van der Waals surface area contributed by atoms with Crippen molar-refractivity contribution in [3.05, 3.63) is 46.4 Å². The number of nitrogens with one attached hydrogen (secondary N) is 1. The first-order chi connectivity index (χ1) is 10.5. The molecule has 0 atom stereocenters. The summed E-state index contributed by atoms with van der Waals surface area (Å²) in [5, 5.41) is 8.73. The molecule has 1 N–H and O–H groups in total. The molecule has 22 heavy (non-hydrogen) atoms. The van der Waals surface area contributed by atoms with Gasteiger partial charge in [0.2, 0.25) is 0 Å². The van der Waals surface area contributed by atoms with Crippen LogP contribution in [0.3, 0.4) is 0 Å². The molecule has 0 amide bonds. The first-order valence-corrected chi connectivity index (χ1v) is 8.62. The van der Waals surface area contributed by atoms with E-state index in [0.717, 1.165) is 11.3 Å². The van der Waals surface area contributed by atoms with Gasteiger partial charge in [0.15, 0.2) is 11.0 Å². The maximum Gasteiger partial charge on any atom is 0.272 e. The maximum absolute atomic E-state index is 12.3. The lowest BCUT2D eigenvalue weighted by atomic mass is 10.3. The molecule has 0 unspecified atom stereocenters. The molecule has 3 aromatic rings. The Balaban J connectivity index is 2.02. The molecule has 2 aromatic heterocycles. The topological polar surface area (TPSA) is 95.7 Å². The van der Waals surface area contributed by atoms with E-state index in [-0.39, 0.29) is 15.2 Å². The molecule has 0 aliphatic rings. The third-order valence-electron chi connectivity index (χ3n) is 2.72. The van der Waals surface area contributed by atoms with Crippen molar-refractivity contribution in [1.29, 1.82) is 5.26 Å². The molecule has 0 bridgehead atoms. The number of halogens is 1. The van der Waals surface area contributed by atoms with Crippen molar-refractivity contribution in [2.24, 2.45) is 0 Å². The fourth-order valence-electron chi connectivity index (χ4n) is 1.75. The largest absolute Gasteiger partial charge is 0.272 e. The van der Waals surface area contributed by atoms with E-state index in [0.29, 0.717) is 15.9 Å². The molecule has 0 radical (unpaired) electrons. The lowest BCUT2D eigenvalue weighted by Crippen LogP contribution is -2.13. The van der Waals surface area contributed by atoms with Gasteiger partial charge in [-0.15, -0.1) is 11.3 Å². The molecular formula is C13H7ClN4O2S2. The number of sulfonamides is 1. The summed E-state index contributed by atoms with van der Waals surface area (Å²) < 4.78 is 26.9. The number of aromatic nitrogens is 2. The van der Waals surface area contributed by atoms with Gasteiger partial charge in [-0.2, -0.15) is 5.26 Å². The van der Waals surface area contributed by atoms with Crippen molar-refractivity contribution in [3.8, 4) is 6.07 Å². The molecule has 110 valence electrons. The molecule has 0 spiro atoms. The van der Waals surface area contributed by atoms with Crippen LogP contribution >= 0.6 is 22.9 Å². The van der Waals surface area contributed by atoms with E-state index in [2.05, 4.69) is 14.7 Å². The van der Waals surface area contributed by atoms with Gasteiger partial charge >= 0.3 is 0 Å². The minimum atomic E-state index is -3.86. The lowest BCUT2D eigenvalue weighted by Gasteiger charge is -2.07. The van der Waals surface area contributed by atoms with Gasteiger partial charge < -0.3 is 0 Å². The van der Waals surface area contributed by atoms with Crippen molar-refractivity contribution in [3.63, 3.8) is 0 Å². The van der Waals surface area contributed by atoms with Gasteiger partial charge in [-0.05, 0) is 24.3 Å². The number of nitrogens with zero attached hydrogens (tertiary/aromatic N) is 3. The Kier molecular flexibility index (Phi) is 3.70. The van der Waals surface area contributed by atoms with E-state index in [1.165, 1.54) is 12.1 Å². The number of benzene rings is 1. The standard InChI is InChI=1S/C13H7ClN4O2S2/c14-12-13(17-10-4-2-1-3-9(10)16-12)18-22(19,20)11-6-5-8(7-15)21-11/h1-6H,(H,17,18). The number of nitriles is 1. The molecule has 0 saturated carbocycles. The summed E-state index contributed by atoms with van der Waals surface area (Å²) >= 11 is 6.85. The molecule has 2 heterocycles. The number of hydrogen-bond donors (Lipinski definition) is 1. The average molecular weight is 351 g/mol. The number of fused-ring (bicyclic) bond motifs is 1. The Labute approximate surface area is 135 Å². The minimum Gasteiger partial charge on any atom is -0.260 e. The van der Waals surface area contributed by atoms with Crippen LogP contribution in [-0.2, 0) is 10.0 Å². The Morgan fingerprint density at radius 1 is 1.14 bits per heavy atom. The summed E-state index contributed by atoms with van der Waals surface area (Å²) in [7, 11) is -3.86. The third kappa shape index (κ3) is 2.74. The highest BCUT2D eigenvalue weighted by Gasteiger charge is 2.20. The molecule has 0 saturated heterocycles. The van der Waals surface area contributed by atoms with Crippen molar-refractivity contribution >= 4 is 49.8 Å². The van der Waals surface area contributed by atoms with E-state index in [9.17, 15) is 8.42 Å². The fourth-order valence-corrected chi connectivity index (χ4v) is 4.09. The second-order valence-electron chi connectivity index (χ2n) is 4.19. The number of para-hydroxylation sites is 2. The Bertz CT molecular complexity index is 1010. The zero-order valence-electron chi connectivity index (χ0n) is 10.8. The van der Waals surface area contributed by atoms with E-state index in [1.807, 2.05) is 6.07 Å². The van der Waals surface area contributed by atoms with Crippen molar-refractivity contribution in [1.82, 2.24) is 9.97 Å². The summed E-state index contributed by atoms with van der Waals surface area (Å²) in [5.74, 6) is -0.0488. The van der Waals surface area contributed by atoms with E-state index < -0.39 is 10.0 Å². The highest BCUT2D eigenvalue weighted by atomic mass is 35.5. The molecule has 0 aliphatic heterocycles. The van der Waals surface area contributed by atoms with E-state index in [1.54, 1.807) is 24.3 Å². The molecule has 0 fully saturated rings. The van der Waals surface area contributed by atoms with Gasteiger partial charge in [0.05, 0.1) is 11.0 Å². The monoisotopic (exact) mass is 350 g/mol. The number of anilines is 1. The third-order valence-corrected chi connectivity index (χ3v) is 5.80. The van der Waals surface area contributed by atoms with Gasteiger partial charge in [0, 0.05) is 0 Å². The number of hydrogen-bond acceptors (Lipinski definition) is 6. The second kappa shape index (κ2) is 5.53. The molecule has 0 aliphatic carbocycles. The first kappa shape index (κ1) is 14.7. The van der Waals surface area contributed by atoms with Crippen LogP contribution in [-0.4, -0.2) is 18.4 Å². The Morgan fingerprint density at radius 3 is 2.45 bits per heavy atom. The first-order valence-electron chi connectivity index (χ1n) is 5.94. The smallest absolute Gasteiger partial charge is 0.260 e. The van der Waals surface area contributed by atoms with Crippen LogP contribution in [0.4, 0.5) is 5.82 Å². The highest BCUT2D eigenvalue weighted by Crippen LogP contribution is 2.26. The summed E-state index contributed by atoms with van der Waals surface area (Å²) in [4.78, 5) is 8.57. The van der Waals surface area contributed by atoms with Gasteiger partial charge in [-0.3, -0.25) is 4.72 Å². The predicted octanol–water partition coefficient (Wildman–Crippen LogP) is 3.02. The fraction of sp³-hybridized carbons (Fsp3) is 0. The van der Waals surface area contributed by atoms with Gasteiger partial charge in [0.1, 0.15) is 15.2 Å². The summed E-state index contributed by atoms with van der Waals surface area (Å²) in [6, 6.07) is 11.7. The second-order valence-corrected chi connectivity index (χ2v) is 7.54. The Morgan fingerprint density at radius 2 is 1.82 bits per heavy atom. The van der Waals surface area contributed by atoms with Crippen LogP contribution in [0.2, 0.25) is 5.15 Å². The van der Waals surface area contributed by atoms with Gasteiger partial charge in [-0.25, -0.2) is 18.4 Å². The van der Waals surface area contributed by atoms with Crippen molar-refractivity contribution < 1.29 is 8.42 Å². The zero-order chi connectivity index (χ0) is 15.7. The molecule has 1 aromatic carbocycles. The lowest BCUT2D eigenvalue weighted by molar-refractivity contribution is 0.603. The van der Waals surface area contributed by atoms with Crippen LogP contribution in [0.15, 0.2) is 40.6 Å². The summed E-state index contributed by atoms with van der Waals surface area (Å²) in [6.07, 6.45) is 0. The summed E-state index contributed by atoms with van der Waals surface area (Å²) in [6.45, 7) is 0. The average Bonchev–Trinajstić information content (AvgIpc) is 2.98. The quantitative estimate of drug-likeness (QED) is 0.783. The van der Waals surface area contributed by atoms with Crippen LogP contribution in [0.25, 0.3) is 11.0 Å². The maximum atomic E-state index is 12.3. The minimum absolute atomic E-state index is 0.00933. The van der Waals surface area contributed by atoms with Crippen molar-refractivity contribution in [2.75, 3.05) is 4.72 Å². The Hall–Kier alpha value is -2.21. The van der Waals surface area contributed by atoms with Crippen LogP contribution in [0, 0.1) is 11.3 Å². The van der Waals surface area contributed by atoms with Crippen LogP contribution < -0.4 is 4.72 Å². The van der Waals surface area contributed by atoms with Gasteiger partial charge in [-0.1, -0.05) is 23.7 Å². The molecule has 9 heteroatoms. The predicted molar refractivity (Wildman–Crippen MR) is 84.4 cm³/mol. The number of thiophene rings is 1. The summed E-state index contributed by atoms with van der Waals surface area (Å²) in [5.41, 5.74) is 1.09. The highest BCUT2D eigenvalue weighted by molar-refractivity contribution is 7.94. The SMILES string of the molecule is N#Cc1ccc(S(=O)(=O)Nc2nc3ccccc3nc2Cl)s1. The van der Waals surface area contributed by atoms with Gasteiger partial charge in [0.25, 0.3) is 10.0 Å². The molecule has 3 rings (SSSR count).